The lowest BCUT2D eigenvalue weighted by Gasteiger charge is -2.36. The van der Waals surface area contributed by atoms with Crippen molar-refractivity contribution >= 4 is 6.09 Å². The number of tetrazole rings is 1. The van der Waals surface area contributed by atoms with E-state index in [0.717, 1.165) is 108 Å². The summed E-state index contributed by atoms with van der Waals surface area (Å²) in [6.07, 6.45) is 6.64. The number of aromatic nitrogens is 4. The summed E-state index contributed by atoms with van der Waals surface area (Å²) in [7, 11) is 0. The van der Waals surface area contributed by atoms with E-state index in [1.807, 2.05) is 59.8 Å². The van der Waals surface area contributed by atoms with Gasteiger partial charge in [0.1, 0.15) is 17.4 Å². The molecule has 0 aliphatic carbocycles. The van der Waals surface area contributed by atoms with Crippen LogP contribution in [0, 0.1) is 0 Å². The van der Waals surface area contributed by atoms with E-state index in [0.29, 0.717) is 25.5 Å². The number of carbonyl (C=O) groups is 1. The molecule has 1 fully saturated rings. The lowest BCUT2D eigenvalue weighted by Crippen LogP contribution is -2.39. The van der Waals surface area contributed by atoms with Crippen LogP contribution in [0.5, 0.6) is 5.75 Å². The molecule has 3 heterocycles. The number of aryl methyl sites for hydroxylation is 1. The molecule has 1 aromatic heterocycles. The molecule has 1 atom stereocenters. The van der Waals surface area contributed by atoms with Crippen molar-refractivity contribution in [1.82, 2.24) is 25.1 Å². The molecule has 0 saturated carbocycles. The predicted octanol–water partition coefficient (Wildman–Crippen LogP) is 11.6. The fourth-order valence-electron chi connectivity index (χ4n) is 9.18. The molecule has 0 spiro atoms. The number of rotatable bonds is 19. The highest BCUT2D eigenvalue weighted by atomic mass is 16.7. The number of unbranched alkanes of at least 4 members (excludes halogenated alkanes) is 4. The molecular formula is C55H57N5O5. The summed E-state index contributed by atoms with van der Waals surface area (Å²) in [5.41, 5.74) is 8.74. The number of cyclic esters (lactones) is 1. The largest absolute Gasteiger partial charge is 0.463 e. The van der Waals surface area contributed by atoms with Crippen LogP contribution in [0.2, 0.25) is 0 Å². The van der Waals surface area contributed by atoms with Gasteiger partial charge in [-0.2, -0.15) is 0 Å². The maximum absolute atomic E-state index is 12.6. The fourth-order valence-corrected chi connectivity index (χ4v) is 9.18. The van der Waals surface area contributed by atoms with Gasteiger partial charge in [0, 0.05) is 44.7 Å². The zero-order chi connectivity index (χ0) is 44.5. The summed E-state index contributed by atoms with van der Waals surface area (Å²) in [6.45, 7) is 7.08. The van der Waals surface area contributed by atoms with Gasteiger partial charge in [0.05, 0.1) is 13.2 Å². The Hall–Kier alpha value is -6.62. The van der Waals surface area contributed by atoms with Crippen molar-refractivity contribution in [3.8, 4) is 28.3 Å². The minimum absolute atomic E-state index is 0.241. The molecule has 7 aromatic rings. The van der Waals surface area contributed by atoms with Gasteiger partial charge < -0.3 is 23.8 Å². The van der Waals surface area contributed by atoms with Crippen LogP contribution in [0.1, 0.15) is 91.9 Å². The number of hydrogen-bond donors (Lipinski definition) is 0. The van der Waals surface area contributed by atoms with Gasteiger partial charge in [-0.25, -0.2) is 9.48 Å². The smallest absolute Gasteiger partial charge is 0.410 e. The Kier molecular flexibility index (Phi) is 13.5. The van der Waals surface area contributed by atoms with Crippen molar-refractivity contribution in [3.05, 3.63) is 191 Å². The monoisotopic (exact) mass is 867 g/mol. The molecule has 10 nitrogen and oxygen atoms in total. The number of nitrogens with zero attached hydrogens (tertiary/aromatic N) is 5. The highest BCUT2D eigenvalue weighted by molar-refractivity contribution is 5.81. The van der Waals surface area contributed by atoms with E-state index < -0.39 is 11.3 Å². The third kappa shape index (κ3) is 9.75. The Bertz CT molecular complexity index is 2540. The van der Waals surface area contributed by atoms with E-state index in [1.54, 1.807) is 0 Å². The van der Waals surface area contributed by atoms with Crippen LogP contribution >= 0.6 is 0 Å². The molecule has 0 N–H and O–H groups in total. The van der Waals surface area contributed by atoms with Crippen molar-refractivity contribution in [1.29, 1.82) is 0 Å². The number of hydrogen-bond acceptors (Lipinski definition) is 8. The average molecular weight is 868 g/mol. The maximum Gasteiger partial charge on any atom is 0.410 e. The molecule has 9 rings (SSSR count). The lowest BCUT2D eigenvalue weighted by molar-refractivity contribution is -0.180. The number of carbonyl (C=O) groups excluding carboxylic acids is 1. The Morgan fingerprint density at radius 2 is 1.31 bits per heavy atom. The van der Waals surface area contributed by atoms with E-state index in [2.05, 4.69) is 127 Å². The molecule has 0 unspecified atom stereocenters. The van der Waals surface area contributed by atoms with Crippen LogP contribution in [-0.4, -0.2) is 63.3 Å². The topological polar surface area (TPSA) is 101 Å². The van der Waals surface area contributed by atoms with Gasteiger partial charge >= 0.3 is 6.09 Å². The number of amides is 1. The van der Waals surface area contributed by atoms with Gasteiger partial charge in [-0.1, -0.05) is 158 Å². The molecule has 1 amide bonds. The number of benzene rings is 6. The summed E-state index contributed by atoms with van der Waals surface area (Å²) in [4.78, 5) is 14.4. The zero-order valence-electron chi connectivity index (χ0n) is 37.4. The second-order valence-electron chi connectivity index (χ2n) is 17.4. The summed E-state index contributed by atoms with van der Waals surface area (Å²) < 4.78 is 25.4. The van der Waals surface area contributed by atoms with Crippen LogP contribution < -0.4 is 4.74 Å². The molecule has 0 bridgehead atoms. The summed E-state index contributed by atoms with van der Waals surface area (Å²) in [5, 5.41) is 13.8. The first-order valence-electron chi connectivity index (χ1n) is 23.0. The Morgan fingerprint density at radius 1 is 0.692 bits per heavy atom. The highest BCUT2D eigenvalue weighted by Crippen LogP contribution is 2.43. The van der Waals surface area contributed by atoms with Crippen molar-refractivity contribution in [2.75, 3.05) is 26.3 Å². The minimum Gasteiger partial charge on any atom is -0.463 e. The van der Waals surface area contributed by atoms with Crippen molar-refractivity contribution in [2.45, 2.75) is 82.8 Å². The minimum atomic E-state index is -0.837. The van der Waals surface area contributed by atoms with E-state index in [4.69, 9.17) is 29.3 Å². The standard InChI is InChI=1S/C55H57N5O5/c1-54(2)63-40-44-38-43(33-34-50(44)65-54)51-39-59(53(61)64-51)35-17-3-4-18-36-62-37-19-16-20-41-29-31-42(32-30-41)48-27-14-15-28-49(48)52-56-57-58-60(52)55(45-21-8-5-9-22-45,46-23-10-6-11-24-46)47-25-12-7-13-26-47/h5-15,21-34,38,51H,3-4,16-20,35-37,39-40H2,1-2H3/t51-/m0/s1. The molecule has 6 aromatic carbocycles. The fraction of sp³-hybridized carbons (Fsp3) is 0.309. The van der Waals surface area contributed by atoms with E-state index in [-0.39, 0.29) is 12.2 Å². The Labute approximate surface area is 382 Å². The third-order valence-corrected chi connectivity index (χ3v) is 12.5. The van der Waals surface area contributed by atoms with Crippen LogP contribution in [-0.2, 0) is 32.8 Å². The van der Waals surface area contributed by atoms with Crippen LogP contribution in [0.25, 0.3) is 22.5 Å². The van der Waals surface area contributed by atoms with Crippen molar-refractivity contribution < 1.29 is 23.7 Å². The van der Waals surface area contributed by atoms with Gasteiger partial charge in [0.25, 0.3) is 0 Å². The van der Waals surface area contributed by atoms with Crippen molar-refractivity contribution in [2.24, 2.45) is 0 Å². The van der Waals surface area contributed by atoms with Crippen LogP contribution in [0.3, 0.4) is 0 Å². The van der Waals surface area contributed by atoms with Gasteiger partial charge in [-0.15, -0.1) is 5.10 Å². The zero-order valence-corrected chi connectivity index (χ0v) is 37.4. The average Bonchev–Trinajstić information content (AvgIpc) is 3.99. The van der Waals surface area contributed by atoms with E-state index >= 15 is 0 Å². The normalized spacial score (nSPS) is 15.6. The van der Waals surface area contributed by atoms with Gasteiger partial charge in [-0.05, 0) is 93.6 Å². The van der Waals surface area contributed by atoms with Gasteiger partial charge in [-0.3, -0.25) is 0 Å². The van der Waals surface area contributed by atoms with Crippen molar-refractivity contribution in [3.63, 3.8) is 0 Å². The SMILES string of the molecule is CC1(C)OCc2cc([C@@H]3CN(CCCCCCOCCCCc4ccc(-c5ccccc5-c5nnnn5C(c5ccccc5)(c5ccccc5)c5ccccc5)cc4)C(=O)O3)ccc2O1. The lowest BCUT2D eigenvalue weighted by atomic mass is 9.77. The first-order valence-corrected chi connectivity index (χ1v) is 23.0. The first kappa shape index (κ1) is 43.6. The quantitative estimate of drug-likeness (QED) is 0.0585. The highest BCUT2D eigenvalue weighted by Gasteiger charge is 2.42. The molecule has 65 heavy (non-hydrogen) atoms. The summed E-state index contributed by atoms with van der Waals surface area (Å²) in [6, 6.07) is 54.8. The van der Waals surface area contributed by atoms with Crippen LogP contribution in [0.4, 0.5) is 4.79 Å². The van der Waals surface area contributed by atoms with Gasteiger partial charge in [0.15, 0.2) is 5.82 Å². The molecule has 0 radical (unpaired) electrons. The Balaban J connectivity index is 0.744. The summed E-state index contributed by atoms with van der Waals surface area (Å²) in [5.74, 6) is 0.869. The molecule has 10 heteroatoms. The molecular weight excluding hydrogens is 811 g/mol. The summed E-state index contributed by atoms with van der Waals surface area (Å²) >= 11 is 0. The van der Waals surface area contributed by atoms with Gasteiger partial charge in [0.2, 0.25) is 5.79 Å². The van der Waals surface area contributed by atoms with Crippen LogP contribution in [0.15, 0.2) is 158 Å². The predicted molar refractivity (Wildman–Crippen MR) is 252 cm³/mol. The second kappa shape index (κ2) is 20.0. The van der Waals surface area contributed by atoms with E-state index in [1.165, 1.54) is 5.56 Å². The van der Waals surface area contributed by atoms with E-state index in [9.17, 15) is 4.79 Å². The first-order chi connectivity index (χ1) is 31.9. The number of ether oxygens (including phenoxy) is 4. The number of fused-ring (bicyclic) bond motifs is 1. The molecule has 332 valence electrons. The third-order valence-electron chi connectivity index (χ3n) is 12.5. The Morgan fingerprint density at radius 3 is 1.98 bits per heavy atom. The molecule has 1 saturated heterocycles. The maximum atomic E-state index is 12.6. The molecule has 2 aliphatic heterocycles. The second-order valence-corrected chi connectivity index (χ2v) is 17.4. The molecule has 2 aliphatic rings.